The monoisotopic (exact) mass is 218 g/mol. The molecule has 5 heteroatoms. The van der Waals surface area contributed by atoms with Crippen LogP contribution in [-0.2, 0) is 0 Å². The van der Waals surface area contributed by atoms with E-state index in [1.807, 2.05) is 0 Å². The highest BCUT2D eigenvalue weighted by molar-refractivity contribution is 5.39. The summed E-state index contributed by atoms with van der Waals surface area (Å²) in [6, 6.07) is 6.11. The smallest absolute Gasteiger partial charge is 0.400 e. The Bertz CT molecular complexity index is 315. The Kier molecular flexibility index (Phi) is 3.85. The van der Waals surface area contributed by atoms with E-state index in [1.165, 1.54) is 19.2 Å². The molecular weight excluding hydrogens is 206 g/mol. The van der Waals surface area contributed by atoms with Crippen LogP contribution >= 0.6 is 0 Å². The van der Waals surface area contributed by atoms with E-state index >= 15 is 0 Å². The van der Waals surface area contributed by atoms with Gasteiger partial charge >= 0.3 is 6.11 Å². The summed E-state index contributed by atoms with van der Waals surface area (Å²) in [6.45, 7) is -0.637. The number of ether oxygens (including phenoxy) is 2. The predicted octanol–water partition coefficient (Wildman–Crippen LogP) is 2.05. The number of para-hydroxylation sites is 2. The molecule has 0 spiro atoms. The van der Waals surface area contributed by atoms with Crippen molar-refractivity contribution in [2.24, 2.45) is 0 Å². The molecule has 0 saturated carbocycles. The van der Waals surface area contributed by atoms with Gasteiger partial charge in [-0.1, -0.05) is 12.1 Å². The van der Waals surface area contributed by atoms with Crippen molar-refractivity contribution in [3.8, 4) is 11.5 Å². The molecule has 84 valence electrons. The van der Waals surface area contributed by atoms with Crippen LogP contribution in [0.1, 0.15) is 6.42 Å². The number of benzene rings is 1. The average molecular weight is 218 g/mol. The summed E-state index contributed by atoms with van der Waals surface area (Å²) in [6.07, 6.45) is -4.13. The van der Waals surface area contributed by atoms with Gasteiger partial charge in [0.25, 0.3) is 0 Å². The van der Waals surface area contributed by atoms with Crippen LogP contribution in [0.3, 0.4) is 0 Å². The molecule has 0 aliphatic rings. The molecule has 0 heterocycles. The fourth-order valence-electron chi connectivity index (χ4n) is 1.05. The highest BCUT2D eigenvalue weighted by atomic mass is 19.3. The minimum Gasteiger partial charge on any atom is -0.493 e. The third kappa shape index (κ3) is 3.36. The molecule has 0 unspecified atom stereocenters. The molecule has 0 atom stereocenters. The molecule has 1 N–H and O–H groups in total. The van der Waals surface area contributed by atoms with E-state index in [0.29, 0.717) is 0 Å². The molecule has 0 saturated heterocycles. The summed E-state index contributed by atoms with van der Waals surface area (Å²) >= 11 is 0. The first kappa shape index (κ1) is 11.7. The third-order valence-electron chi connectivity index (χ3n) is 1.73. The summed E-state index contributed by atoms with van der Waals surface area (Å²) in [5.41, 5.74) is 0. The summed E-state index contributed by atoms with van der Waals surface area (Å²) in [4.78, 5) is 0. The number of hydrogen-bond donors (Lipinski definition) is 1. The van der Waals surface area contributed by atoms with E-state index in [0.717, 1.165) is 0 Å². The summed E-state index contributed by atoms with van der Waals surface area (Å²) in [5, 5.41) is 8.42. The predicted molar refractivity (Wildman–Crippen MR) is 50.3 cm³/mol. The molecule has 0 aromatic heterocycles. The highest BCUT2D eigenvalue weighted by Crippen LogP contribution is 2.31. The van der Waals surface area contributed by atoms with Gasteiger partial charge in [0.2, 0.25) is 0 Å². The molecule has 0 aliphatic heterocycles. The van der Waals surface area contributed by atoms with Gasteiger partial charge in [-0.15, -0.1) is 0 Å². The van der Waals surface area contributed by atoms with Crippen LogP contribution in [-0.4, -0.2) is 24.9 Å². The van der Waals surface area contributed by atoms with Crippen LogP contribution in [0.2, 0.25) is 0 Å². The first-order chi connectivity index (χ1) is 7.09. The second kappa shape index (κ2) is 4.93. The zero-order chi connectivity index (χ0) is 11.3. The maximum Gasteiger partial charge on any atom is 0.400 e. The van der Waals surface area contributed by atoms with Gasteiger partial charge in [-0.2, -0.15) is 8.78 Å². The quantitative estimate of drug-likeness (QED) is 0.822. The topological polar surface area (TPSA) is 38.7 Å². The lowest BCUT2D eigenvalue weighted by Gasteiger charge is -2.18. The van der Waals surface area contributed by atoms with Crippen molar-refractivity contribution in [1.29, 1.82) is 0 Å². The lowest BCUT2D eigenvalue weighted by Crippen LogP contribution is -2.26. The van der Waals surface area contributed by atoms with Crippen LogP contribution in [0, 0.1) is 0 Å². The number of aliphatic hydroxyl groups excluding tert-OH is 1. The van der Waals surface area contributed by atoms with Gasteiger partial charge in [0, 0.05) is 0 Å². The standard InChI is InChI=1S/C10H12F2O3/c1-14-8-4-2-3-5-9(8)15-10(11,12)6-7-13/h2-5,13H,6-7H2,1H3. The van der Waals surface area contributed by atoms with Crippen molar-refractivity contribution in [1.82, 2.24) is 0 Å². The SMILES string of the molecule is COc1ccccc1OC(F)(F)CCO. The fourth-order valence-corrected chi connectivity index (χ4v) is 1.05. The zero-order valence-electron chi connectivity index (χ0n) is 8.24. The van der Waals surface area contributed by atoms with Crippen LogP contribution in [0.15, 0.2) is 24.3 Å². The van der Waals surface area contributed by atoms with E-state index in [-0.39, 0.29) is 11.5 Å². The van der Waals surface area contributed by atoms with Crippen molar-refractivity contribution >= 4 is 0 Å². The number of halogens is 2. The minimum absolute atomic E-state index is 0.0431. The fraction of sp³-hybridized carbons (Fsp3) is 0.400. The third-order valence-corrected chi connectivity index (χ3v) is 1.73. The number of alkyl halides is 2. The van der Waals surface area contributed by atoms with Crippen molar-refractivity contribution in [3.05, 3.63) is 24.3 Å². The van der Waals surface area contributed by atoms with E-state index in [4.69, 9.17) is 9.84 Å². The van der Waals surface area contributed by atoms with Crippen LogP contribution in [0.4, 0.5) is 8.78 Å². The first-order valence-electron chi connectivity index (χ1n) is 4.40. The zero-order valence-corrected chi connectivity index (χ0v) is 8.24. The molecule has 3 nitrogen and oxygen atoms in total. The maximum absolute atomic E-state index is 13.0. The van der Waals surface area contributed by atoms with Gasteiger partial charge in [-0.3, -0.25) is 0 Å². The van der Waals surface area contributed by atoms with E-state index in [2.05, 4.69) is 4.74 Å². The van der Waals surface area contributed by atoms with Gasteiger partial charge in [-0.05, 0) is 12.1 Å². The molecule has 0 bridgehead atoms. The highest BCUT2D eigenvalue weighted by Gasteiger charge is 2.31. The summed E-state index contributed by atoms with van der Waals surface area (Å²) in [5.74, 6) is 0.188. The van der Waals surface area contributed by atoms with Crippen molar-refractivity contribution in [2.45, 2.75) is 12.5 Å². The molecule has 0 radical (unpaired) electrons. The summed E-state index contributed by atoms with van der Waals surface area (Å²) < 4.78 is 35.3. The molecule has 15 heavy (non-hydrogen) atoms. The van der Waals surface area contributed by atoms with Gasteiger partial charge < -0.3 is 14.6 Å². The normalized spacial score (nSPS) is 11.2. The van der Waals surface area contributed by atoms with Crippen LogP contribution < -0.4 is 9.47 Å². The Morgan fingerprint density at radius 3 is 2.40 bits per heavy atom. The number of aliphatic hydroxyl groups is 1. The van der Waals surface area contributed by atoms with Gasteiger partial charge in [0.05, 0.1) is 20.1 Å². The van der Waals surface area contributed by atoms with Gasteiger partial charge in [0.15, 0.2) is 11.5 Å². The Morgan fingerprint density at radius 1 is 1.27 bits per heavy atom. The number of rotatable bonds is 5. The van der Waals surface area contributed by atoms with E-state index < -0.39 is 19.1 Å². The molecule has 0 amide bonds. The maximum atomic E-state index is 13.0. The second-order valence-electron chi connectivity index (χ2n) is 2.86. The number of hydrogen-bond acceptors (Lipinski definition) is 3. The Morgan fingerprint density at radius 2 is 1.87 bits per heavy atom. The van der Waals surface area contributed by atoms with Gasteiger partial charge in [0.1, 0.15) is 0 Å². The first-order valence-corrected chi connectivity index (χ1v) is 4.40. The molecular formula is C10H12F2O3. The molecule has 1 aromatic rings. The van der Waals surface area contributed by atoms with E-state index in [1.54, 1.807) is 12.1 Å². The molecule has 1 rings (SSSR count). The van der Waals surface area contributed by atoms with Crippen molar-refractivity contribution < 1.29 is 23.4 Å². The van der Waals surface area contributed by atoms with Gasteiger partial charge in [-0.25, -0.2) is 0 Å². The summed E-state index contributed by atoms with van der Waals surface area (Å²) in [7, 11) is 1.37. The number of methoxy groups -OCH3 is 1. The molecule has 0 fully saturated rings. The Balaban J connectivity index is 2.79. The van der Waals surface area contributed by atoms with Crippen LogP contribution in [0.25, 0.3) is 0 Å². The van der Waals surface area contributed by atoms with Crippen LogP contribution in [0.5, 0.6) is 11.5 Å². The second-order valence-corrected chi connectivity index (χ2v) is 2.86. The lowest BCUT2D eigenvalue weighted by atomic mass is 10.3. The minimum atomic E-state index is -3.39. The van der Waals surface area contributed by atoms with E-state index in [9.17, 15) is 8.78 Å². The van der Waals surface area contributed by atoms with Crippen molar-refractivity contribution in [3.63, 3.8) is 0 Å². The largest absolute Gasteiger partial charge is 0.493 e. The molecule has 1 aromatic carbocycles. The Labute approximate surface area is 86.2 Å². The lowest BCUT2D eigenvalue weighted by molar-refractivity contribution is -0.186. The Hall–Kier alpha value is -1.36. The molecule has 0 aliphatic carbocycles. The van der Waals surface area contributed by atoms with Crippen molar-refractivity contribution in [2.75, 3.05) is 13.7 Å². The average Bonchev–Trinajstić information content (AvgIpc) is 2.17.